The van der Waals surface area contributed by atoms with Crippen LogP contribution in [-0.2, 0) is 16.6 Å². The third kappa shape index (κ3) is 2.82. The van der Waals surface area contributed by atoms with Crippen molar-refractivity contribution in [3.63, 3.8) is 0 Å². The standard InChI is InChI=1S/C16H14Cl2O2/c1-16(15(19)20,10-11-6-3-2-4-7-11)14-12(17)8-5-9-13(14)18/h2-9H,10H2,1H3,(H,19,20). The summed E-state index contributed by atoms with van der Waals surface area (Å²) in [7, 11) is 0. The lowest BCUT2D eigenvalue weighted by molar-refractivity contribution is -0.143. The van der Waals surface area contributed by atoms with Gasteiger partial charge >= 0.3 is 5.97 Å². The van der Waals surface area contributed by atoms with Crippen LogP contribution in [0.25, 0.3) is 0 Å². The van der Waals surface area contributed by atoms with Crippen LogP contribution >= 0.6 is 23.2 Å². The van der Waals surface area contributed by atoms with Gasteiger partial charge in [-0.3, -0.25) is 4.79 Å². The fourth-order valence-electron chi connectivity index (χ4n) is 2.30. The van der Waals surface area contributed by atoms with Gasteiger partial charge in [-0.05, 0) is 31.0 Å². The molecule has 4 heteroatoms. The van der Waals surface area contributed by atoms with Crippen LogP contribution in [0.5, 0.6) is 0 Å². The Labute approximate surface area is 128 Å². The fraction of sp³-hybridized carbons (Fsp3) is 0.188. The molecule has 1 atom stereocenters. The number of carboxylic acid groups (broad SMARTS) is 1. The van der Waals surface area contributed by atoms with E-state index in [4.69, 9.17) is 23.2 Å². The van der Waals surface area contributed by atoms with E-state index in [9.17, 15) is 9.90 Å². The van der Waals surface area contributed by atoms with E-state index in [2.05, 4.69) is 0 Å². The van der Waals surface area contributed by atoms with E-state index < -0.39 is 11.4 Å². The molecule has 2 aromatic rings. The van der Waals surface area contributed by atoms with Gasteiger partial charge in [0.25, 0.3) is 0 Å². The van der Waals surface area contributed by atoms with Crippen molar-refractivity contribution in [3.05, 3.63) is 69.7 Å². The van der Waals surface area contributed by atoms with Crippen LogP contribution in [0.4, 0.5) is 0 Å². The van der Waals surface area contributed by atoms with Gasteiger partial charge in [0, 0.05) is 15.6 Å². The summed E-state index contributed by atoms with van der Waals surface area (Å²) in [6, 6.07) is 14.5. The Bertz CT molecular complexity index is 605. The van der Waals surface area contributed by atoms with Gasteiger partial charge in [-0.1, -0.05) is 59.6 Å². The van der Waals surface area contributed by atoms with E-state index in [0.29, 0.717) is 22.0 Å². The first-order valence-corrected chi connectivity index (χ1v) is 6.92. The predicted octanol–water partition coefficient (Wildman–Crippen LogP) is 4.58. The minimum absolute atomic E-state index is 0.326. The van der Waals surface area contributed by atoms with E-state index in [1.54, 1.807) is 25.1 Å². The maximum Gasteiger partial charge on any atom is 0.314 e. The number of aliphatic carboxylic acids is 1. The zero-order valence-electron chi connectivity index (χ0n) is 10.9. The zero-order valence-corrected chi connectivity index (χ0v) is 12.4. The summed E-state index contributed by atoms with van der Waals surface area (Å²) in [4.78, 5) is 11.8. The van der Waals surface area contributed by atoms with Crippen molar-refractivity contribution in [3.8, 4) is 0 Å². The highest BCUT2D eigenvalue weighted by molar-refractivity contribution is 6.36. The number of halogens is 2. The molecule has 0 spiro atoms. The van der Waals surface area contributed by atoms with E-state index in [-0.39, 0.29) is 0 Å². The normalized spacial score (nSPS) is 13.8. The van der Waals surface area contributed by atoms with Gasteiger partial charge in [0.1, 0.15) is 0 Å². The molecule has 0 aliphatic carbocycles. The summed E-state index contributed by atoms with van der Waals surface area (Å²) in [5.74, 6) is -0.948. The number of benzene rings is 2. The summed E-state index contributed by atoms with van der Waals surface area (Å²) in [6.45, 7) is 1.65. The molecule has 1 unspecified atom stereocenters. The maximum absolute atomic E-state index is 11.8. The number of carboxylic acids is 1. The monoisotopic (exact) mass is 308 g/mol. The second-order valence-electron chi connectivity index (χ2n) is 4.90. The molecule has 2 rings (SSSR count). The number of carbonyl (C=O) groups is 1. The number of hydrogen-bond acceptors (Lipinski definition) is 1. The van der Waals surface area contributed by atoms with Crippen LogP contribution in [0.3, 0.4) is 0 Å². The van der Waals surface area contributed by atoms with Crippen molar-refractivity contribution >= 4 is 29.2 Å². The van der Waals surface area contributed by atoms with Crippen molar-refractivity contribution in [1.82, 2.24) is 0 Å². The molecule has 0 fully saturated rings. The van der Waals surface area contributed by atoms with Gasteiger partial charge in [0.2, 0.25) is 0 Å². The van der Waals surface area contributed by atoms with Crippen LogP contribution < -0.4 is 0 Å². The molecular formula is C16H14Cl2O2. The van der Waals surface area contributed by atoms with Gasteiger partial charge in [0.05, 0.1) is 5.41 Å². The van der Waals surface area contributed by atoms with Gasteiger partial charge in [-0.2, -0.15) is 0 Å². The minimum Gasteiger partial charge on any atom is -0.481 e. The molecule has 0 aliphatic rings. The summed E-state index contributed by atoms with van der Waals surface area (Å²) < 4.78 is 0. The van der Waals surface area contributed by atoms with Crippen molar-refractivity contribution < 1.29 is 9.90 Å². The molecule has 0 saturated heterocycles. The second-order valence-corrected chi connectivity index (χ2v) is 5.71. The summed E-state index contributed by atoms with van der Waals surface area (Å²) >= 11 is 12.4. The first-order chi connectivity index (χ1) is 9.45. The predicted molar refractivity (Wildman–Crippen MR) is 81.6 cm³/mol. The maximum atomic E-state index is 11.8. The largest absolute Gasteiger partial charge is 0.481 e. The van der Waals surface area contributed by atoms with E-state index in [0.717, 1.165) is 5.56 Å². The minimum atomic E-state index is -1.17. The third-order valence-corrected chi connectivity index (χ3v) is 4.02. The fourth-order valence-corrected chi connectivity index (χ4v) is 3.11. The lowest BCUT2D eigenvalue weighted by Gasteiger charge is -2.27. The van der Waals surface area contributed by atoms with Crippen LogP contribution in [0.2, 0.25) is 10.0 Å². The Morgan fingerprint density at radius 2 is 1.60 bits per heavy atom. The lowest BCUT2D eigenvalue weighted by Crippen LogP contribution is -2.35. The summed E-state index contributed by atoms with van der Waals surface area (Å²) in [6.07, 6.45) is 0.326. The highest BCUT2D eigenvalue weighted by atomic mass is 35.5. The van der Waals surface area contributed by atoms with E-state index >= 15 is 0 Å². The van der Waals surface area contributed by atoms with Crippen LogP contribution in [0.1, 0.15) is 18.1 Å². The summed E-state index contributed by atoms with van der Waals surface area (Å²) in [5.41, 5.74) is 0.213. The molecule has 1 N–H and O–H groups in total. The molecule has 0 heterocycles. The SMILES string of the molecule is CC(Cc1ccccc1)(C(=O)O)c1c(Cl)cccc1Cl. The Hall–Kier alpha value is -1.51. The summed E-state index contributed by atoms with van der Waals surface area (Å²) in [5, 5.41) is 10.4. The van der Waals surface area contributed by atoms with E-state index in [1.807, 2.05) is 30.3 Å². The Morgan fingerprint density at radius 1 is 1.05 bits per heavy atom. The van der Waals surface area contributed by atoms with Crippen LogP contribution in [0.15, 0.2) is 48.5 Å². The molecule has 104 valence electrons. The van der Waals surface area contributed by atoms with Crippen LogP contribution in [0, 0.1) is 0 Å². The quantitative estimate of drug-likeness (QED) is 0.897. The number of rotatable bonds is 4. The molecule has 0 amide bonds. The molecule has 2 nitrogen and oxygen atoms in total. The highest BCUT2D eigenvalue weighted by Gasteiger charge is 2.38. The lowest BCUT2D eigenvalue weighted by atomic mass is 9.77. The average molecular weight is 309 g/mol. The number of hydrogen-bond donors (Lipinski definition) is 1. The van der Waals surface area contributed by atoms with Crippen molar-refractivity contribution in [2.75, 3.05) is 0 Å². The van der Waals surface area contributed by atoms with Gasteiger partial charge < -0.3 is 5.11 Å². The van der Waals surface area contributed by atoms with Gasteiger partial charge in [-0.15, -0.1) is 0 Å². The van der Waals surface area contributed by atoms with E-state index in [1.165, 1.54) is 0 Å². The third-order valence-electron chi connectivity index (χ3n) is 3.39. The Balaban J connectivity index is 2.53. The first-order valence-electron chi connectivity index (χ1n) is 6.17. The highest BCUT2D eigenvalue weighted by Crippen LogP contribution is 2.38. The Morgan fingerprint density at radius 3 is 2.10 bits per heavy atom. The molecule has 0 aromatic heterocycles. The van der Waals surface area contributed by atoms with Gasteiger partial charge in [-0.25, -0.2) is 0 Å². The molecule has 2 aromatic carbocycles. The van der Waals surface area contributed by atoms with Crippen molar-refractivity contribution in [2.45, 2.75) is 18.8 Å². The molecule has 20 heavy (non-hydrogen) atoms. The van der Waals surface area contributed by atoms with Gasteiger partial charge in [0.15, 0.2) is 0 Å². The molecule has 0 bridgehead atoms. The van der Waals surface area contributed by atoms with Crippen molar-refractivity contribution in [2.24, 2.45) is 0 Å². The molecule has 0 saturated carbocycles. The first kappa shape index (κ1) is 14.9. The second kappa shape index (κ2) is 5.86. The molecule has 0 aliphatic heterocycles. The zero-order chi connectivity index (χ0) is 14.8. The molecule has 0 radical (unpaired) electrons. The Kier molecular flexibility index (Phi) is 4.36. The van der Waals surface area contributed by atoms with Crippen molar-refractivity contribution in [1.29, 1.82) is 0 Å². The van der Waals surface area contributed by atoms with Crippen LogP contribution in [-0.4, -0.2) is 11.1 Å². The topological polar surface area (TPSA) is 37.3 Å². The average Bonchev–Trinajstić information content (AvgIpc) is 2.39. The smallest absolute Gasteiger partial charge is 0.314 e. The molecular weight excluding hydrogens is 295 g/mol.